The third-order valence-electron chi connectivity index (χ3n) is 4.26. The number of hydrogen-bond acceptors (Lipinski definition) is 6. The van der Waals surface area contributed by atoms with Crippen molar-refractivity contribution in [2.45, 2.75) is 51.2 Å². The maximum Gasteiger partial charge on any atom is 0.338 e. The number of ether oxygens (including phenoxy) is 1. The minimum absolute atomic E-state index is 0. The number of carbonyl (C=O) groups is 2. The number of nitrogens with zero attached hydrogens (tertiary/aromatic N) is 2. The minimum Gasteiger partial charge on any atom is -0.459 e. The van der Waals surface area contributed by atoms with Crippen LogP contribution in [0, 0.1) is 0 Å². The van der Waals surface area contributed by atoms with E-state index in [9.17, 15) is 9.59 Å². The summed E-state index contributed by atoms with van der Waals surface area (Å²) in [6, 6.07) is 6.36. The molecule has 1 amide bonds. The number of H-pyrrole nitrogens is 1. The molecule has 3 rings (SSSR count). The summed E-state index contributed by atoms with van der Waals surface area (Å²) in [6.45, 7) is 1.77. The molecule has 0 bridgehead atoms. The van der Waals surface area contributed by atoms with Gasteiger partial charge in [-0.25, -0.2) is 9.78 Å². The first-order valence-corrected chi connectivity index (χ1v) is 8.79. The van der Waals surface area contributed by atoms with Gasteiger partial charge in [0.05, 0.1) is 18.0 Å². The summed E-state index contributed by atoms with van der Waals surface area (Å²) in [4.78, 5) is 28.3. The van der Waals surface area contributed by atoms with Gasteiger partial charge in [-0.1, -0.05) is 0 Å². The highest BCUT2D eigenvalue weighted by molar-refractivity contribution is 5.93. The molecule has 1 saturated carbocycles. The van der Waals surface area contributed by atoms with Crippen molar-refractivity contribution < 1.29 is 14.3 Å². The van der Waals surface area contributed by atoms with E-state index >= 15 is 0 Å². The second-order valence-electron chi connectivity index (χ2n) is 6.54. The van der Waals surface area contributed by atoms with Gasteiger partial charge in [0, 0.05) is 5.69 Å². The first-order valence-electron chi connectivity index (χ1n) is 8.79. The maximum absolute atomic E-state index is 12.1. The van der Waals surface area contributed by atoms with Gasteiger partial charge in [-0.3, -0.25) is 9.89 Å². The van der Waals surface area contributed by atoms with E-state index in [1.165, 1.54) is 0 Å². The number of nitrogens with two attached hydrogens (primary N) is 1. The number of esters is 1. The van der Waals surface area contributed by atoms with Gasteiger partial charge in [0.25, 0.3) is 0 Å². The number of nitrogens with one attached hydrogen (secondary N) is 2. The highest BCUT2D eigenvalue weighted by Gasteiger charge is 2.20. The smallest absolute Gasteiger partial charge is 0.338 e. The van der Waals surface area contributed by atoms with Crippen LogP contribution in [0.4, 0.5) is 5.69 Å². The third kappa shape index (κ3) is 6.47. The molecule has 1 aliphatic carbocycles. The second kappa shape index (κ2) is 11.0. The summed E-state index contributed by atoms with van der Waals surface area (Å²) in [5.74, 6) is 0.364. The van der Waals surface area contributed by atoms with E-state index in [1.807, 2.05) is 0 Å². The Morgan fingerprint density at radius 1 is 1.25 bits per heavy atom. The van der Waals surface area contributed by atoms with Gasteiger partial charge in [0.15, 0.2) is 5.82 Å². The molecule has 0 saturated heterocycles. The highest BCUT2D eigenvalue weighted by atomic mass is 35.5. The Morgan fingerprint density at radius 3 is 2.46 bits per heavy atom. The van der Waals surface area contributed by atoms with E-state index in [-0.39, 0.29) is 55.3 Å². The molecule has 10 heteroatoms. The molecule has 2 aromatic rings. The lowest BCUT2D eigenvalue weighted by Crippen LogP contribution is -2.16. The summed E-state index contributed by atoms with van der Waals surface area (Å²) >= 11 is 0. The predicted octanol–water partition coefficient (Wildman–Crippen LogP) is 2.95. The van der Waals surface area contributed by atoms with Crippen molar-refractivity contribution in [3.63, 3.8) is 0 Å². The number of carbonyl (C=O) groups excluding carboxylic acids is 2. The number of benzene rings is 1. The third-order valence-corrected chi connectivity index (χ3v) is 4.26. The topological polar surface area (TPSA) is 123 Å². The van der Waals surface area contributed by atoms with Crippen LogP contribution < -0.4 is 11.1 Å². The Kier molecular flexibility index (Phi) is 9.37. The van der Waals surface area contributed by atoms with Gasteiger partial charge in [-0.05, 0) is 56.9 Å². The number of aromatic nitrogens is 3. The molecule has 1 unspecified atom stereocenters. The molecule has 0 radical (unpaired) electrons. The quantitative estimate of drug-likeness (QED) is 0.606. The van der Waals surface area contributed by atoms with Crippen molar-refractivity contribution in [1.82, 2.24) is 15.2 Å². The van der Waals surface area contributed by atoms with Gasteiger partial charge in [-0.15, -0.1) is 24.8 Å². The molecule has 1 fully saturated rings. The van der Waals surface area contributed by atoms with Gasteiger partial charge >= 0.3 is 5.97 Å². The molecule has 4 N–H and O–H groups in total. The lowest BCUT2D eigenvalue weighted by Gasteiger charge is -2.11. The van der Waals surface area contributed by atoms with Crippen molar-refractivity contribution in [3.8, 4) is 0 Å². The summed E-state index contributed by atoms with van der Waals surface area (Å²) in [6.07, 6.45) is 4.19. The molecular formula is C18H25Cl2N5O3. The zero-order chi connectivity index (χ0) is 18.5. The minimum atomic E-state index is -0.320. The number of amides is 1. The molecule has 154 valence electrons. The van der Waals surface area contributed by atoms with Crippen LogP contribution in [-0.4, -0.2) is 33.2 Å². The van der Waals surface area contributed by atoms with Crippen LogP contribution in [-0.2, 0) is 16.0 Å². The lowest BCUT2D eigenvalue weighted by molar-refractivity contribution is -0.115. The van der Waals surface area contributed by atoms with Crippen LogP contribution in [0.1, 0.15) is 60.7 Å². The van der Waals surface area contributed by atoms with E-state index in [2.05, 4.69) is 20.5 Å². The fourth-order valence-corrected chi connectivity index (χ4v) is 2.87. The molecule has 1 aromatic heterocycles. The predicted molar refractivity (Wildman–Crippen MR) is 110 cm³/mol. The zero-order valence-corrected chi connectivity index (χ0v) is 17.1. The van der Waals surface area contributed by atoms with Crippen molar-refractivity contribution in [2.24, 2.45) is 5.73 Å². The molecule has 0 aliphatic heterocycles. The Hall–Kier alpha value is -2.16. The Balaban J connectivity index is 0.00000196. The second-order valence-corrected chi connectivity index (χ2v) is 6.54. The molecule has 0 spiro atoms. The van der Waals surface area contributed by atoms with Crippen molar-refractivity contribution >= 4 is 42.4 Å². The lowest BCUT2D eigenvalue weighted by atomic mass is 10.2. The molecule has 1 heterocycles. The molecule has 28 heavy (non-hydrogen) atoms. The van der Waals surface area contributed by atoms with E-state index in [0.717, 1.165) is 25.7 Å². The fourth-order valence-electron chi connectivity index (χ4n) is 2.87. The van der Waals surface area contributed by atoms with Crippen LogP contribution in [0.25, 0.3) is 0 Å². The van der Waals surface area contributed by atoms with Gasteiger partial charge in [0.2, 0.25) is 5.91 Å². The van der Waals surface area contributed by atoms with E-state index in [0.29, 0.717) is 22.9 Å². The van der Waals surface area contributed by atoms with E-state index in [1.54, 1.807) is 31.2 Å². The summed E-state index contributed by atoms with van der Waals surface area (Å²) < 4.78 is 5.46. The number of anilines is 1. The summed E-state index contributed by atoms with van der Waals surface area (Å²) in [7, 11) is 0. The number of aromatic amines is 1. The molecule has 1 aromatic carbocycles. The largest absolute Gasteiger partial charge is 0.459 e. The fraction of sp³-hybridized carbons (Fsp3) is 0.444. The van der Waals surface area contributed by atoms with Crippen LogP contribution in [0.3, 0.4) is 0 Å². The molecule has 1 aliphatic rings. The zero-order valence-electron chi connectivity index (χ0n) is 15.5. The van der Waals surface area contributed by atoms with E-state index in [4.69, 9.17) is 10.5 Å². The summed E-state index contributed by atoms with van der Waals surface area (Å²) in [5.41, 5.74) is 6.76. The summed E-state index contributed by atoms with van der Waals surface area (Å²) in [5, 5.41) is 9.41. The first kappa shape index (κ1) is 23.9. The Bertz CT molecular complexity index is 774. The van der Waals surface area contributed by atoms with Crippen LogP contribution in [0.5, 0.6) is 0 Å². The van der Waals surface area contributed by atoms with Crippen molar-refractivity contribution in [1.29, 1.82) is 0 Å². The maximum atomic E-state index is 12.1. The normalized spacial score (nSPS) is 14.5. The van der Waals surface area contributed by atoms with Gasteiger partial charge < -0.3 is 15.8 Å². The molecule has 8 nitrogen and oxygen atoms in total. The molecular weight excluding hydrogens is 405 g/mol. The van der Waals surface area contributed by atoms with Gasteiger partial charge in [0.1, 0.15) is 11.9 Å². The Morgan fingerprint density at radius 2 is 1.89 bits per heavy atom. The monoisotopic (exact) mass is 429 g/mol. The standard InChI is InChI=1S/C18H23N5O3.2ClH/c1-11(19)17-21-15(22-23-17)10-16(24)20-13-8-6-12(7-9-13)18(25)26-14-4-2-3-5-14;;/h6-9,11,14H,2-5,10,19H2,1H3,(H,20,24)(H,21,22,23);2*1H. The van der Waals surface area contributed by atoms with Crippen molar-refractivity contribution in [3.05, 3.63) is 41.5 Å². The highest BCUT2D eigenvalue weighted by Crippen LogP contribution is 2.22. The first-order chi connectivity index (χ1) is 12.5. The average Bonchev–Trinajstić information content (AvgIpc) is 3.27. The number of rotatable bonds is 6. The van der Waals surface area contributed by atoms with Gasteiger partial charge in [-0.2, -0.15) is 5.10 Å². The van der Waals surface area contributed by atoms with Crippen LogP contribution in [0.15, 0.2) is 24.3 Å². The Labute approximate surface area is 175 Å². The molecule has 1 atom stereocenters. The van der Waals surface area contributed by atoms with E-state index < -0.39 is 0 Å². The SMILES string of the molecule is CC(N)c1n[nH]c(CC(=O)Nc2ccc(C(=O)OC3CCCC3)cc2)n1.Cl.Cl. The number of hydrogen-bond donors (Lipinski definition) is 3. The van der Waals surface area contributed by atoms with Crippen LogP contribution >= 0.6 is 24.8 Å². The van der Waals surface area contributed by atoms with Crippen molar-refractivity contribution in [2.75, 3.05) is 5.32 Å². The van der Waals surface area contributed by atoms with Crippen LogP contribution in [0.2, 0.25) is 0 Å². The average molecular weight is 430 g/mol. The number of halogens is 2.